The second-order valence-electron chi connectivity index (χ2n) is 7.47. The smallest absolute Gasteiger partial charge is 0.200 e. The van der Waals surface area contributed by atoms with Crippen LogP contribution in [0.25, 0.3) is 22.2 Å². The Bertz CT molecular complexity index is 1360. The van der Waals surface area contributed by atoms with Crippen LogP contribution in [0.3, 0.4) is 0 Å². The molecule has 0 bridgehead atoms. The molecule has 154 valence electrons. The Hall–Kier alpha value is -3.99. The highest BCUT2D eigenvalue weighted by Gasteiger charge is 2.31. The van der Waals surface area contributed by atoms with Gasteiger partial charge in [-0.05, 0) is 41.7 Å². The zero-order valence-corrected chi connectivity index (χ0v) is 16.6. The summed E-state index contributed by atoms with van der Waals surface area (Å²) in [6.45, 7) is 0. The van der Waals surface area contributed by atoms with Crippen molar-refractivity contribution in [3.63, 3.8) is 0 Å². The lowest BCUT2D eigenvalue weighted by Gasteiger charge is -2.14. The molecule has 8 heteroatoms. The van der Waals surface area contributed by atoms with Crippen molar-refractivity contribution >= 4 is 16.9 Å². The number of benzene rings is 2. The predicted molar refractivity (Wildman–Crippen MR) is 111 cm³/mol. The number of hydrogen-bond donors (Lipinski definition) is 1. The van der Waals surface area contributed by atoms with Crippen molar-refractivity contribution in [1.29, 1.82) is 5.26 Å². The minimum Gasteiger partial charge on any atom is -0.494 e. The number of nitrogens with zero attached hydrogens (tertiary/aromatic N) is 4. The molecule has 6 nitrogen and oxygen atoms in total. The average molecular weight is 417 g/mol. The van der Waals surface area contributed by atoms with Crippen molar-refractivity contribution in [3.8, 4) is 22.9 Å². The quantitative estimate of drug-likeness (QED) is 0.540. The molecule has 0 saturated heterocycles. The van der Waals surface area contributed by atoms with Crippen LogP contribution in [0.15, 0.2) is 42.7 Å². The molecule has 2 aromatic carbocycles. The minimum atomic E-state index is -1.09. The van der Waals surface area contributed by atoms with Crippen LogP contribution in [-0.4, -0.2) is 21.6 Å². The molecule has 0 amide bonds. The largest absolute Gasteiger partial charge is 0.494 e. The number of nitrogens with two attached hydrogens (primary N) is 1. The third-order valence-corrected chi connectivity index (χ3v) is 5.82. The van der Waals surface area contributed by atoms with Crippen LogP contribution < -0.4 is 10.5 Å². The van der Waals surface area contributed by atoms with Crippen LogP contribution in [0.5, 0.6) is 5.75 Å². The topological polar surface area (TPSA) is 89.8 Å². The normalized spacial score (nSPS) is 13.4. The zero-order valence-electron chi connectivity index (χ0n) is 16.6. The minimum absolute atomic E-state index is 0.0650. The lowest BCUT2D eigenvalue weighted by molar-refractivity contribution is 0.372. The van der Waals surface area contributed by atoms with E-state index in [0.717, 1.165) is 18.9 Å². The highest BCUT2D eigenvalue weighted by Crippen LogP contribution is 2.42. The molecule has 31 heavy (non-hydrogen) atoms. The van der Waals surface area contributed by atoms with E-state index < -0.39 is 11.6 Å². The average Bonchev–Trinajstić information content (AvgIpc) is 3.34. The molecule has 4 aromatic rings. The summed E-state index contributed by atoms with van der Waals surface area (Å²) >= 11 is 0. The number of ether oxygens (including phenoxy) is 1. The van der Waals surface area contributed by atoms with Crippen molar-refractivity contribution in [2.45, 2.75) is 18.9 Å². The lowest BCUT2D eigenvalue weighted by atomic mass is 10.0. The van der Waals surface area contributed by atoms with Crippen LogP contribution >= 0.6 is 0 Å². The van der Waals surface area contributed by atoms with Crippen LogP contribution in [0, 0.1) is 23.0 Å². The summed E-state index contributed by atoms with van der Waals surface area (Å²) < 4.78 is 35.2. The molecule has 0 atom stereocenters. The first-order chi connectivity index (χ1) is 15.0. The van der Waals surface area contributed by atoms with Crippen molar-refractivity contribution in [3.05, 3.63) is 71.2 Å². The van der Waals surface area contributed by atoms with Gasteiger partial charge in [-0.3, -0.25) is 0 Å². The summed E-state index contributed by atoms with van der Waals surface area (Å²) in [6.07, 6.45) is 2.78. The molecule has 1 aliphatic carbocycles. The molecule has 0 unspecified atom stereocenters. The van der Waals surface area contributed by atoms with E-state index in [1.54, 1.807) is 0 Å². The summed E-state index contributed by atoms with van der Waals surface area (Å²) in [5.74, 6) is -2.27. The summed E-state index contributed by atoms with van der Waals surface area (Å²) in [5.41, 5.74) is 9.98. The van der Waals surface area contributed by atoms with E-state index >= 15 is 0 Å². The molecule has 0 fully saturated rings. The van der Waals surface area contributed by atoms with Gasteiger partial charge in [-0.25, -0.2) is 14.4 Å². The Morgan fingerprint density at radius 3 is 2.52 bits per heavy atom. The molecule has 1 aliphatic rings. The van der Waals surface area contributed by atoms with Gasteiger partial charge in [-0.1, -0.05) is 24.3 Å². The molecule has 5 rings (SSSR count). The van der Waals surface area contributed by atoms with Crippen molar-refractivity contribution < 1.29 is 13.5 Å². The number of fused-ring (bicyclic) bond motifs is 2. The van der Waals surface area contributed by atoms with E-state index in [9.17, 15) is 14.0 Å². The fraction of sp³-hybridized carbons (Fsp3) is 0.174. The Kier molecular flexibility index (Phi) is 4.33. The van der Waals surface area contributed by atoms with Gasteiger partial charge in [-0.15, -0.1) is 0 Å². The van der Waals surface area contributed by atoms with Crippen molar-refractivity contribution in [1.82, 2.24) is 14.5 Å². The van der Waals surface area contributed by atoms with Gasteiger partial charge in [0.25, 0.3) is 0 Å². The first-order valence-electron chi connectivity index (χ1n) is 9.68. The van der Waals surface area contributed by atoms with Gasteiger partial charge >= 0.3 is 0 Å². The van der Waals surface area contributed by atoms with Gasteiger partial charge in [0.1, 0.15) is 29.6 Å². The zero-order chi connectivity index (χ0) is 21.7. The number of halogens is 2. The van der Waals surface area contributed by atoms with E-state index in [2.05, 4.69) is 28.2 Å². The van der Waals surface area contributed by atoms with E-state index in [1.807, 2.05) is 16.7 Å². The fourth-order valence-electron chi connectivity index (χ4n) is 4.48. The van der Waals surface area contributed by atoms with E-state index in [-0.39, 0.29) is 28.9 Å². The van der Waals surface area contributed by atoms with Crippen LogP contribution in [0.2, 0.25) is 0 Å². The molecule has 0 spiro atoms. The first-order valence-corrected chi connectivity index (χ1v) is 9.68. The summed E-state index contributed by atoms with van der Waals surface area (Å²) in [5, 5.41) is 10.6. The maximum atomic E-state index is 14.3. The third kappa shape index (κ3) is 2.81. The summed E-state index contributed by atoms with van der Waals surface area (Å²) in [6, 6.07) is 12.7. The Balaban J connectivity index is 1.80. The number of hydrogen-bond acceptors (Lipinski definition) is 5. The van der Waals surface area contributed by atoms with Gasteiger partial charge in [0.15, 0.2) is 11.6 Å². The van der Waals surface area contributed by atoms with Gasteiger partial charge in [0.2, 0.25) is 5.82 Å². The predicted octanol–water partition coefficient (Wildman–Crippen LogP) is 4.18. The Morgan fingerprint density at radius 1 is 1.16 bits per heavy atom. The van der Waals surface area contributed by atoms with Crippen LogP contribution in [-0.2, 0) is 12.8 Å². The number of rotatable bonds is 3. The van der Waals surface area contributed by atoms with Crippen molar-refractivity contribution in [2.75, 3.05) is 12.8 Å². The number of anilines is 1. The fourth-order valence-corrected chi connectivity index (χ4v) is 4.48. The Labute approximate surface area is 176 Å². The Morgan fingerprint density at radius 2 is 1.87 bits per heavy atom. The first kappa shape index (κ1) is 19.0. The molecule has 2 N–H and O–H groups in total. The van der Waals surface area contributed by atoms with Gasteiger partial charge in [-0.2, -0.15) is 9.65 Å². The third-order valence-electron chi connectivity index (χ3n) is 5.82. The lowest BCUT2D eigenvalue weighted by Crippen LogP contribution is -2.12. The highest BCUT2D eigenvalue weighted by molar-refractivity contribution is 6.03. The summed E-state index contributed by atoms with van der Waals surface area (Å²) in [7, 11) is 1.25. The van der Waals surface area contributed by atoms with E-state index in [0.29, 0.717) is 16.6 Å². The second kappa shape index (κ2) is 7.06. The summed E-state index contributed by atoms with van der Waals surface area (Å²) in [4.78, 5) is 8.48. The van der Waals surface area contributed by atoms with E-state index in [4.69, 9.17) is 10.5 Å². The SMILES string of the molecule is COc1cc(-c2c(C#N)n(C3Cc4ccccc4C3)c3ncnc(N)c23)cc(F)c1F. The number of methoxy groups -OCH3 is 1. The second-order valence-corrected chi connectivity index (χ2v) is 7.47. The molecular formula is C23H17F2N5O. The van der Waals surface area contributed by atoms with Crippen LogP contribution in [0.1, 0.15) is 22.9 Å². The molecule has 0 saturated carbocycles. The van der Waals surface area contributed by atoms with Crippen LogP contribution in [0.4, 0.5) is 14.6 Å². The molecule has 2 heterocycles. The standard InChI is InChI=1S/C23H17F2N5O/c1-31-18-9-14(8-16(24)21(18)25)19-17(10-26)30(23-20(19)22(27)28-11-29-23)15-6-12-4-2-3-5-13(12)7-15/h2-5,8-9,11,15H,6-7H2,1H3,(H2,27,28,29). The number of nitrogen functional groups attached to an aromatic ring is 1. The molecule has 2 aromatic heterocycles. The maximum absolute atomic E-state index is 14.3. The van der Waals surface area contributed by atoms with E-state index in [1.165, 1.54) is 30.6 Å². The molecule has 0 radical (unpaired) electrons. The highest BCUT2D eigenvalue weighted by atomic mass is 19.2. The van der Waals surface area contributed by atoms with Crippen molar-refractivity contribution in [2.24, 2.45) is 0 Å². The number of aromatic nitrogens is 3. The van der Waals surface area contributed by atoms with Gasteiger partial charge in [0.05, 0.1) is 12.5 Å². The number of nitriles is 1. The van der Waals surface area contributed by atoms with Gasteiger partial charge in [0, 0.05) is 11.6 Å². The monoisotopic (exact) mass is 417 g/mol. The van der Waals surface area contributed by atoms with Gasteiger partial charge < -0.3 is 15.0 Å². The molecule has 0 aliphatic heterocycles. The maximum Gasteiger partial charge on any atom is 0.200 e. The molecular weight excluding hydrogens is 400 g/mol.